The molecule has 3 aliphatic heterocycles. The predicted molar refractivity (Wildman–Crippen MR) is 73.5 cm³/mol. The third kappa shape index (κ3) is 2.52. The van der Waals surface area contributed by atoms with E-state index >= 15 is 0 Å². The van der Waals surface area contributed by atoms with Crippen molar-refractivity contribution >= 4 is 11.8 Å². The van der Waals surface area contributed by atoms with Crippen molar-refractivity contribution in [2.75, 3.05) is 25.4 Å². The summed E-state index contributed by atoms with van der Waals surface area (Å²) in [6.45, 7) is 10.8. The molecule has 0 N–H and O–H groups in total. The molecule has 0 amide bonds. The molecule has 3 rings (SSSR count). The van der Waals surface area contributed by atoms with Crippen LogP contribution in [0.15, 0.2) is 0 Å². The Labute approximate surface area is 109 Å². The number of thioether (sulfide) groups is 1. The van der Waals surface area contributed by atoms with Crippen LogP contribution in [0.4, 0.5) is 0 Å². The van der Waals surface area contributed by atoms with Crippen LogP contribution in [-0.2, 0) is 4.74 Å². The van der Waals surface area contributed by atoms with Gasteiger partial charge in [-0.2, -0.15) is 11.8 Å². The third-order valence-corrected chi connectivity index (χ3v) is 5.72. The molecule has 0 radical (unpaired) electrons. The SMILES string of the molecule is CC(C)(C)SCCN1C[C@@H]2[C@H](C1)[C@H]1CC[C@H]2O1. The van der Waals surface area contributed by atoms with Crippen LogP contribution >= 0.6 is 11.8 Å². The average Bonchev–Trinajstić information content (AvgIpc) is 2.85. The zero-order valence-corrected chi connectivity index (χ0v) is 12.1. The Morgan fingerprint density at radius 3 is 2.24 bits per heavy atom. The molecule has 0 spiro atoms. The number of hydrogen-bond donors (Lipinski definition) is 0. The van der Waals surface area contributed by atoms with E-state index in [4.69, 9.17) is 4.74 Å². The standard InChI is InChI=1S/C14H25NOS/c1-14(2,3)17-7-6-15-8-10-11(9-15)13-5-4-12(10)16-13/h10-13H,4-9H2,1-3H3/t10-,11+,12-,13-/m1/s1. The number of nitrogens with zero attached hydrogens (tertiary/aromatic N) is 1. The van der Waals surface area contributed by atoms with Crippen molar-refractivity contribution in [2.45, 2.75) is 50.6 Å². The predicted octanol–water partition coefficient (Wildman–Crippen LogP) is 2.63. The number of fused-ring (bicyclic) bond motifs is 5. The van der Waals surface area contributed by atoms with Crippen LogP contribution in [0.25, 0.3) is 0 Å². The molecule has 3 heterocycles. The third-order valence-electron chi connectivity index (χ3n) is 4.47. The summed E-state index contributed by atoms with van der Waals surface area (Å²) in [6.07, 6.45) is 3.89. The molecule has 2 bridgehead atoms. The van der Waals surface area contributed by atoms with Crippen LogP contribution in [0, 0.1) is 11.8 Å². The van der Waals surface area contributed by atoms with Gasteiger partial charge in [0.2, 0.25) is 0 Å². The van der Waals surface area contributed by atoms with E-state index in [0.717, 1.165) is 11.8 Å². The number of ether oxygens (including phenoxy) is 1. The van der Waals surface area contributed by atoms with Gasteiger partial charge in [-0.1, -0.05) is 20.8 Å². The van der Waals surface area contributed by atoms with E-state index in [1.807, 2.05) is 0 Å². The molecule has 0 aliphatic carbocycles. The first-order valence-corrected chi connectivity index (χ1v) is 8.03. The molecule has 3 heteroatoms. The Hall–Kier alpha value is 0.270. The minimum absolute atomic E-state index is 0.414. The fourth-order valence-electron chi connectivity index (χ4n) is 3.71. The molecule has 2 nitrogen and oxygen atoms in total. The van der Waals surface area contributed by atoms with Crippen molar-refractivity contribution in [1.29, 1.82) is 0 Å². The monoisotopic (exact) mass is 255 g/mol. The molecule has 3 fully saturated rings. The summed E-state index contributed by atoms with van der Waals surface area (Å²) >= 11 is 2.09. The Balaban J connectivity index is 1.46. The first-order valence-electron chi connectivity index (χ1n) is 7.05. The van der Waals surface area contributed by atoms with Gasteiger partial charge in [-0.15, -0.1) is 0 Å². The molecular formula is C14H25NOS. The van der Waals surface area contributed by atoms with Crippen LogP contribution in [0.3, 0.4) is 0 Å². The molecule has 0 saturated carbocycles. The summed E-state index contributed by atoms with van der Waals surface area (Å²) in [5.74, 6) is 3.01. The van der Waals surface area contributed by atoms with Gasteiger partial charge in [-0.05, 0) is 12.8 Å². The summed E-state index contributed by atoms with van der Waals surface area (Å²) in [6, 6.07) is 0. The van der Waals surface area contributed by atoms with Gasteiger partial charge in [0.1, 0.15) is 0 Å². The van der Waals surface area contributed by atoms with Crippen LogP contribution in [-0.4, -0.2) is 47.2 Å². The number of hydrogen-bond acceptors (Lipinski definition) is 3. The van der Waals surface area contributed by atoms with Gasteiger partial charge >= 0.3 is 0 Å². The second-order valence-corrected chi connectivity index (χ2v) is 8.76. The molecule has 0 unspecified atom stereocenters. The van der Waals surface area contributed by atoms with Crippen molar-refractivity contribution < 1.29 is 4.74 Å². The summed E-state index contributed by atoms with van der Waals surface area (Å²) in [5, 5.41) is 0. The van der Waals surface area contributed by atoms with Crippen molar-refractivity contribution in [3.8, 4) is 0 Å². The van der Waals surface area contributed by atoms with Crippen molar-refractivity contribution in [1.82, 2.24) is 4.90 Å². The summed E-state index contributed by atoms with van der Waals surface area (Å²) in [7, 11) is 0. The van der Waals surface area contributed by atoms with Gasteiger partial charge in [-0.3, -0.25) is 0 Å². The topological polar surface area (TPSA) is 12.5 Å². The second-order valence-electron chi connectivity index (χ2n) is 6.84. The van der Waals surface area contributed by atoms with Gasteiger partial charge in [0.25, 0.3) is 0 Å². The quantitative estimate of drug-likeness (QED) is 0.769. The molecule has 4 atom stereocenters. The van der Waals surface area contributed by atoms with E-state index < -0.39 is 0 Å². The van der Waals surface area contributed by atoms with E-state index in [2.05, 4.69) is 37.4 Å². The molecular weight excluding hydrogens is 230 g/mol. The second kappa shape index (κ2) is 4.43. The smallest absolute Gasteiger partial charge is 0.0624 e. The maximum absolute atomic E-state index is 6.01. The van der Waals surface area contributed by atoms with Gasteiger partial charge in [0.15, 0.2) is 0 Å². The molecule has 0 aromatic rings. The fraction of sp³-hybridized carbons (Fsp3) is 1.00. The minimum Gasteiger partial charge on any atom is -0.374 e. The van der Waals surface area contributed by atoms with Crippen LogP contribution in [0.1, 0.15) is 33.6 Å². The highest BCUT2D eigenvalue weighted by atomic mass is 32.2. The van der Waals surface area contributed by atoms with Crippen LogP contribution < -0.4 is 0 Å². The highest BCUT2D eigenvalue weighted by molar-refractivity contribution is 8.00. The zero-order valence-electron chi connectivity index (χ0n) is 11.3. The lowest BCUT2D eigenvalue weighted by Crippen LogP contribution is -2.28. The molecule has 17 heavy (non-hydrogen) atoms. The molecule has 3 saturated heterocycles. The highest BCUT2D eigenvalue weighted by Gasteiger charge is 2.52. The van der Waals surface area contributed by atoms with E-state index in [-0.39, 0.29) is 0 Å². The largest absolute Gasteiger partial charge is 0.374 e. The lowest BCUT2D eigenvalue weighted by molar-refractivity contribution is 0.0714. The van der Waals surface area contributed by atoms with Gasteiger partial charge < -0.3 is 9.64 Å². The first-order chi connectivity index (χ1) is 8.03. The fourth-order valence-corrected chi connectivity index (χ4v) is 4.67. The average molecular weight is 255 g/mol. The summed E-state index contributed by atoms with van der Waals surface area (Å²) in [5.41, 5.74) is 0. The first kappa shape index (κ1) is 12.3. The Kier molecular flexibility index (Phi) is 3.21. The molecule has 0 aromatic carbocycles. The maximum atomic E-state index is 6.01. The lowest BCUT2D eigenvalue weighted by atomic mass is 9.82. The maximum Gasteiger partial charge on any atom is 0.0624 e. The van der Waals surface area contributed by atoms with E-state index in [9.17, 15) is 0 Å². The molecule has 3 aliphatic rings. The normalized spacial score (nSPS) is 41.1. The van der Waals surface area contributed by atoms with Gasteiger partial charge in [0, 0.05) is 42.0 Å². The Morgan fingerprint density at radius 1 is 1.12 bits per heavy atom. The van der Waals surface area contributed by atoms with Crippen molar-refractivity contribution in [2.24, 2.45) is 11.8 Å². The van der Waals surface area contributed by atoms with Crippen molar-refractivity contribution in [3.63, 3.8) is 0 Å². The highest BCUT2D eigenvalue weighted by Crippen LogP contribution is 2.47. The molecule has 98 valence electrons. The summed E-state index contributed by atoms with van der Waals surface area (Å²) in [4.78, 5) is 2.68. The van der Waals surface area contributed by atoms with Gasteiger partial charge in [-0.25, -0.2) is 0 Å². The zero-order chi connectivity index (χ0) is 12.0. The molecule has 0 aromatic heterocycles. The van der Waals surface area contributed by atoms with E-state index in [1.165, 1.54) is 38.2 Å². The van der Waals surface area contributed by atoms with E-state index in [1.54, 1.807) is 0 Å². The minimum atomic E-state index is 0.414. The number of rotatable bonds is 3. The van der Waals surface area contributed by atoms with Crippen molar-refractivity contribution in [3.05, 3.63) is 0 Å². The van der Waals surface area contributed by atoms with Gasteiger partial charge in [0.05, 0.1) is 12.2 Å². The van der Waals surface area contributed by atoms with Crippen LogP contribution in [0.2, 0.25) is 0 Å². The Bertz CT molecular complexity index is 270. The van der Waals surface area contributed by atoms with E-state index in [0.29, 0.717) is 17.0 Å². The Morgan fingerprint density at radius 2 is 1.71 bits per heavy atom. The lowest BCUT2D eigenvalue weighted by Gasteiger charge is -2.22. The number of likely N-dealkylation sites (tertiary alicyclic amines) is 1. The summed E-state index contributed by atoms with van der Waals surface area (Å²) < 4.78 is 6.43. The van der Waals surface area contributed by atoms with Crippen LogP contribution in [0.5, 0.6) is 0 Å².